The van der Waals surface area contributed by atoms with Crippen molar-refractivity contribution in [2.45, 2.75) is 25.3 Å². The van der Waals surface area contributed by atoms with Gasteiger partial charge in [-0.25, -0.2) is 0 Å². The lowest BCUT2D eigenvalue weighted by Gasteiger charge is -2.27. The summed E-state index contributed by atoms with van der Waals surface area (Å²) in [5, 5.41) is 3.42. The van der Waals surface area contributed by atoms with Crippen LogP contribution in [0, 0.1) is 5.92 Å². The van der Waals surface area contributed by atoms with Gasteiger partial charge in [0.25, 0.3) is 0 Å². The van der Waals surface area contributed by atoms with Crippen molar-refractivity contribution >= 4 is 0 Å². The zero-order valence-electron chi connectivity index (χ0n) is 12.6. The van der Waals surface area contributed by atoms with Crippen LogP contribution in [0.2, 0.25) is 0 Å². The standard InChI is InChI=1S/C16H25NO3/c1-17-14(10-12-6-8-20-9-7-12)13-4-5-15(18-2)16(11-13)19-3/h4-5,11-12,14,17H,6-10H2,1-3H3. The van der Waals surface area contributed by atoms with Gasteiger partial charge in [0.15, 0.2) is 11.5 Å². The van der Waals surface area contributed by atoms with Crippen molar-refractivity contribution in [1.82, 2.24) is 5.32 Å². The van der Waals surface area contributed by atoms with Gasteiger partial charge in [-0.2, -0.15) is 0 Å². The highest BCUT2D eigenvalue weighted by Gasteiger charge is 2.20. The van der Waals surface area contributed by atoms with Crippen molar-refractivity contribution in [2.24, 2.45) is 5.92 Å². The highest BCUT2D eigenvalue weighted by atomic mass is 16.5. The molecule has 1 fully saturated rings. The van der Waals surface area contributed by atoms with Gasteiger partial charge in [-0.1, -0.05) is 6.07 Å². The fourth-order valence-corrected chi connectivity index (χ4v) is 2.81. The number of hydrogen-bond acceptors (Lipinski definition) is 4. The lowest BCUT2D eigenvalue weighted by atomic mass is 9.89. The van der Waals surface area contributed by atoms with Gasteiger partial charge in [-0.05, 0) is 49.9 Å². The summed E-state index contributed by atoms with van der Waals surface area (Å²) >= 11 is 0. The average Bonchev–Trinajstić information content (AvgIpc) is 2.53. The van der Waals surface area contributed by atoms with Crippen LogP contribution in [0.15, 0.2) is 18.2 Å². The van der Waals surface area contributed by atoms with Gasteiger partial charge < -0.3 is 19.5 Å². The maximum atomic E-state index is 5.43. The molecule has 4 nitrogen and oxygen atoms in total. The van der Waals surface area contributed by atoms with Crippen molar-refractivity contribution < 1.29 is 14.2 Å². The summed E-state index contributed by atoms with van der Waals surface area (Å²) < 4.78 is 16.1. The van der Waals surface area contributed by atoms with E-state index in [0.29, 0.717) is 6.04 Å². The summed E-state index contributed by atoms with van der Waals surface area (Å²) in [5.41, 5.74) is 1.25. The van der Waals surface area contributed by atoms with Crippen LogP contribution in [0.1, 0.15) is 30.9 Å². The smallest absolute Gasteiger partial charge is 0.161 e. The molecule has 112 valence electrons. The molecule has 1 aliphatic heterocycles. The van der Waals surface area contributed by atoms with E-state index in [1.54, 1.807) is 14.2 Å². The molecule has 0 aliphatic carbocycles. The minimum atomic E-state index is 0.345. The first kappa shape index (κ1) is 15.1. The first-order valence-corrected chi connectivity index (χ1v) is 7.25. The number of methoxy groups -OCH3 is 2. The van der Waals surface area contributed by atoms with Gasteiger partial charge in [0.1, 0.15) is 0 Å². The third-order valence-corrected chi connectivity index (χ3v) is 4.07. The third kappa shape index (κ3) is 3.64. The first-order chi connectivity index (χ1) is 9.78. The summed E-state index contributed by atoms with van der Waals surface area (Å²) in [5.74, 6) is 2.30. The Bertz CT molecular complexity index is 416. The minimum absolute atomic E-state index is 0.345. The molecule has 2 rings (SSSR count). The lowest BCUT2D eigenvalue weighted by Crippen LogP contribution is -2.24. The molecule has 0 saturated carbocycles. The molecule has 1 heterocycles. The molecule has 1 N–H and O–H groups in total. The number of benzene rings is 1. The van der Waals surface area contributed by atoms with Crippen molar-refractivity contribution in [1.29, 1.82) is 0 Å². The molecule has 1 aromatic rings. The molecule has 0 spiro atoms. The number of nitrogens with one attached hydrogen (secondary N) is 1. The van der Waals surface area contributed by atoms with Gasteiger partial charge in [0.2, 0.25) is 0 Å². The fourth-order valence-electron chi connectivity index (χ4n) is 2.81. The van der Waals surface area contributed by atoms with Crippen LogP contribution < -0.4 is 14.8 Å². The fraction of sp³-hybridized carbons (Fsp3) is 0.625. The van der Waals surface area contributed by atoms with Crippen molar-refractivity contribution in [3.8, 4) is 11.5 Å². The summed E-state index contributed by atoms with van der Waals surface area (Å²) in [6, 6.07) is 6.50. The highest BCUT2D eigenvalue weighted by molar-refractivity contribution is 5.43. The van der Waals surface area contributed by atoms with Gasteiger partial charge in [0.05, 0.1) is 14.2 Å². The van der Waals surface area contributed by atoms with E-state index in [1.807, 2.05) is 13.1 Å². The van der Waals surface area contributed by atoms with E-state index in [0.717, 1.165) is 49.9 Å². The second-order valence-electron chi connectivity index (χ2n) is 5.25. The van der Waals surface area contributed by atoms with Gasteiger partial charge in [0, 0.05) is 19.3 Å². The van der Waals surface area contributed by atoms with E-state index in [-0.39, 0.29) is 0 Å². The molecule has 1 aliphatic rings. The summed E-state index contributed by atoms with van der Waals surface area (Å²) in [6.45, 7) is 1.79. The molecule has 4 heteroatoms. The van der Waals surface area contributed by atoms with Gasteiger partial charge in [-0.3, -0.25) is 0 Å². The first-order valence-electron chi connectivity index (χ1n) is 7.25. The van der Waals surface area contributed by atoms with Crippen molar-refractivity contribution in [3.05, 3.63) is 23.8 Å². The molecule has 0 radical (unpaired) electrons. The molecular formula is C16H25NO3. The SMILES string of the molecule is CNC(CC1CCOCC1)c1ccc(OC)c(OC)c1. The summed E-state index contributed by atoms with van der Waals surface area (Å²) in [7, 11) is 5.35. The third-order valence-electron chi connectivity index (χ3n) is 4.07. The van der Waals surface area contributed by atoms with Crippen LogP contribution in [-0.2, 0) is 4.74 Å². The molecule has 20 heavy (non-hydrogen) atoms. The van der Waals surface area contributed by atoms with E-state index < -0.39 is 0 Å². The lowest BCUT2D eigenvalue weighted by molar-refractivity contribution is 0.0608. The van der Waals surface area contributed by atoms with E-state index >= 15 is 0 Å². The van der Waals surface area contributed by atoms with Crippen molar-refractivity contribution in [2.75, 3.05) is 34.5 Å². The monoisotopic (exact) mass is 279 g/mol. The average molecular weight is 279 g/mol. The van der Waals surface area contributed by atoms with Crippen LogP contribution in [0.25, 0.3) is 0 Å². The Kier molecular flexibility index (Phi) is 5.68. The second kappa shape index (κ2) is 7.50. The normalized spacial score (nSPS) is 17.8. The Balaban J connectivity index is 2.09. The zero-order valence-corrected chi connectivity index (χ0v) is 12.6. The Morgan fingerprint density at radius 1 is 1.20 bits per heavy atom. The Morgan fingerprint density at radius 3 is 2.50 bits per heavy atom. The minimum Gasteiger partial charge on any atom is -0.493 e. The van der Waals surface area contributed by atoms with Gasteiger partial charge >= 0.3 is 0 Å². The number of ether oxygens (including phenoxy) is 3. The maximum absolute atomic E-state index is 5.43. The predicted octanol–water partition coefficient (Wildman–Crippen LogP) is 2.78. The number of hydrogen-bond donors (Lipinski definition) is 1. The number of rotatable bonds is 6. The van der Waals surface area contributed by atoms with E-state index in [2.05, 4.69) is 17.4 Å². The molecule has 1 saturated heterocycles. The Morgan fingerprint density at radius 2 is 1.90 bits per heavy atom. The van der Waals surface area contributed by atoms with Crippen LogP contribution in [0.4, 0.5) is 0 Å². The Labute approximate surface area is 121 Å². The highest BCUT2D eigenvalue weighted by Crippen LogP contribution is 2.33. The van der Waals surface area contributed by atoms with E-state index in [1.165, 1.54) is 5.56 Å². The molecule has 1 unspecified atom stereocenters. The molecule has 0 bridgehead atoms. The van der Waals surface area contributed by atoms with Crippen LogP contribution in [0.5, 0.6) is 11.5 Å². The predicted molar refractivity (Wildman–Crippen MR) is 79.5 cm³/mol. The van der Waals surface area contributed by atoms with Gasteiger partial charge in [-0.15, -0.1) is 0 Å². The van der Waals surface area contributed by atoms with Crippen LogP contribution in [-0.4, -0.2) is 34.5 Å². The summed E-state index contributed by atoms with van der Waals surface area (Å²) in [4.78, 5) is 0. The van der Waals surface area contributed by atoms with E-state index in [9.17, 15) is 0 Å². The zero-order chi connectivity index (χ0) is 14.4. The van der Waals surface area contributed by atoms with Crippen LogP contribution in [0.3, 0.4) is 0 Å². The second-order valence-corrected chi connectivity index (χ2v) is 5.25. The molecule has 0 aromatic heterocycles. The topological polar surface area (TPSA) is 39.7 Å². The quantitative estimate of drug-likeness (QED) is 0.869. The van der Waals surface area contributed by atoms with Crippen molar-refractivity contribution in [3.63, 3.8) is 0 Å². The molecular weight excluding hydrogens is 254 g/mol. The molecule has 0 amide bonds. The van der Waals surface area contributed by atoms with Crippen LogP contribution >= 0.6 is 0 Å². The maximum Gasteiger partial charge on any atom is 0.161 e. The molecule has 1 atom stereocenters. The molecule has 1 aromatic carbocycles. The van der Waals surface area contributed by atoms with E-state index in [4.69, 9.17) is 14.2 Å². The Hall–Kier alpha value is -1.26. The summed E-state index contributed by atoms with van der Waals surface area (Å²) in [6.07, 6.45) is 3.45. The largest absolute Gasteiger partial charge is 0.493 e.